The molecule has 0 saturated carbocycles. The van der Waals surface area contributed by atoms with Crippen LogP contribution in [0.2, 0.25) is 0 Å². The molecule has 0 aliphatic heterocycles. The van der Waals surface area contributed by atoms with Crippen LogP contribution < -0.4 is 5.73 Å². The highest BCUT2D eigenvalue weighted by atomic mass is 32.2. The number of carboxylic acid groups (broad SMARTS) is 1. The molecule has 0 aromatic carbocycles. The van der Waals surface area contributed by atoms with Crippen molar-refractivity contribution in [3.8, 4) is 0 Å². The summed E-state index contributed by atoms with van der Waals surface area (Å²) in [6, 6.07) is 3.38. The zero-order valence-electron chi connectivity index (χ0n) is 8.01. The third kappa shape index (κ3) is 2.52. The van der Waals surface area contributed by atoms with Crippen molar-refractivity contribution in [3.05, 3.63) is 21.9 Å². The van der Waals surface area contributed by atoms with Gasteiger partial charge in [0.15, 0.2) is 0 Å². The van der Waals surface area contributed by atoms with Gasteiger partial charge in [0.2, 0.25) is 11.1 Å². The number of nitrogen functional groups attached to an aromatic ring is 1. The maximum atomic E-state index is 10.6. The molecular formula is C8H8N4O2S2. The van der Waals surface area contributed by atoms with Crippen LogP contribution in [0.15, 0.2) is 17.3 Å². The van der Waals surface area contributed by atoms with Gasteiger partial charge in [-0.3, -0.25) is 0 Å². The lowest BCUT2D eigenvalue weighted by atomic mass is 10.4. The van der Waals surface area contributed by atoms with Crippen molar-refractivity contribution in [1.82, 2.24) is 15.2 Å². The van der Waals surface area contributed by atoms with Gasteiger partial charge in [-0.15, -0.1) is 16.4 Å². The van der Waals surface area contributed by atoms with E-state index in [4.69, 9.17) is 10.8 Å². The highest BCUT2D eigenvalue weighted by Crippen LogP contribution is 2.24. The number of hydrogen-bond donors (Lipinski definition) is 3. The van der Waals surface area contributed by atoms with Crippen molar-refractivity contribution < 1.29 is 9.90 Å². The van der Waals surface area contributed by atoms with Gasteiger partial charge >= 0.3 is 5.97 Å². The van der Waals surface area contributed by atoms with Crippen LogP contribution in [0.25, 0.3) is 0 Å². The standard InChI is InChI=1S/C8H8N4O2S2/c9-7-10-8(12-11-7)15-3-4-1-2-5(16-4)6(13)14/h1-2H,3H2,(H,13,14)(H3,9,10,11,12). The van der Waals surface area contributed by atoms with Crippen LogP contribution in [0.3, 0.4) is 0 Å². The van der Waals surface area contributed by atoms with Crippen molar-refractivity contribution in [2.24, 2.45) is 0 Å². The van der Waals surface area contributed by atoms with Crippen LogP contribution in [-0.2, 0) is 5.75 Å². The third-order valence-electron chi connectivity index (χ3n) is 1.70. The van der Waals surface area contributed by atoms with E-state index in [-0.39, 0.29) is 5.95 Å². The molecule has 0 fully saturated rings. The smallest absolute Gasteiger partial charge is 0.345 e. The van der Waals surface area contributed by atoms with Crippen molar-refractivity contribution in [1.29, 1.82) is 0 Å². The Morgan fingerprint density at radius 3 is 3.00 bits per heavy atom. The van der Waals surface area contributed by atoms with Crippen LogP contribution in [0.1, 0.15) is 14.5 Å². The maximum absolute atomic E-state index is 10.6. The Hall–Kier alpha value is -1.54. The number of anilines is 1. The maximum Gasteiger partial charge on any atom is 0.345 e. The summed E-state index contributed by atoms with van der Waals surface area (Å²) in [6.45, 7) is 0. The molecule has 4 N–H and O–H groups in total. The number of hydrogen-bond acceptors (Lipinski definition) is 6. The molecule has 0 spiro atoms. The monoisotopic (exact) mass is 256 g/mol. The van der Waals surface area contributed by atoms with E-state index in [0.29, 0.717) is 15.8 Å². The number of aromatic nitrogens is 3. The second kappa shape index (κ2) is 4.54. The average molecular weight is 256 g/mol. The molecule has 0 saturated heterocycles. The minimum absolute atomic E-state index is 0.278. The molecule has 2 rings (SSSR count). The highest BCUT2D eigenvalue weighted by Gasteiger charge is 2.08. The topological polar surface area (TPSA) is 105 Å². The van der Waals surface area contributed by atoms with Gasteiger partial charge < -0.3 is 10.8 Å². The van der Waals surface area contributed by atoms with Gasteiger partial charge in [-0.25, -0.2) is 9.89 Å². The minimum Gasteiger partial charge on any atom is -0.477 e. The van der Waals surface area contributed by atoms with Crippen molar-refractivity contribution >= 4 is 35.0 Å². The largest absolute Gasteiger partial charge is 0.477 e. The fourth-order valence-corrected chi connectivity index (χ4v) is 2.72. The number of thioether (sulfide) groups is 1. The van der Waals surface area contributed by atoms with Gasteiger partial charge in [0, 0.05) is 10.6 Å². The molecule has 6 nitrogen and oxygen atoms in total. The predicted molar refractivity (Wildman–Crippen MR) is 61.6 cm³/mol. The van der Waals surface area contributed by atoms with E-state index in [9.17, 15) is 4.79 Å². The van der Waals surface area contributed by atoms with Gasteiger partial charge in [0.1, 0.15) is 4.88 Å². The summed E-state index contributed by atoms with van der Waals surface area (Å²) in [5, 5.41) is 15.7. The second-order valence-electron chi connectivity index (χ2n) is 2.86. The van der Waals surface area contributed by atoms with Gasteiger partial charge in [-0.2, -0.15) is 4.98 Å². The normalized spacial score (nSPS) is 10.5. The predicted octanol–water partition coefficient (Wildman–Crippen LogP) is 1.44. The number of rotatable bonds is 4. The molecule has 2 aromatic rings. The van der Waals surface area contributed by atoms with Gasteiger partial charge in [-0.05, 0) is 12.1 Å². The highest BCUT2D eigenvalue weighted by molar-refractivity contribution is 7.98. The molecule has 0 radical (unpaired) electrons. The Morgan fingerprint density at radius 2 is 2.44 bits per heavy atom. The molecular weight excluding hydrogens is 248 g/mol. The molecule has 0 unspecified atom stereocenters. The third-order valence-corrected chi connectivity index (χ3v) is 3.85. The van der Waals surface area contributed by atoms with E-state index in [1.807, 2.05) is 0 Å². The van der Waals surface area contributed by atoms with Gasteiger partial charge in [0.25, 0.3) is 0 Å². The molecule has 0 bridgehead atoms. The summed E-state index contributed by atoms with van der Waals surface area (Å²) in [7, 11) is 0. The van der Waals surface area contributed by atoms with E-state index < -0.39 is 5.97 Å². The number of thiophene rings is 1. The van der Waals surface area contributed by atoms with Crippen LogP contribution in [-0.4, -0.2) is 26.3 Å². The minimum atomic E-state index is -0.900. The number of carboxylic acids is 1. The lowest BCUT2D eigenvalue weighted by molar-refractivity contribution is 0.0702. The van der Waals surface area contributed by atoms with Crippen LogP contribution in [0.4, 0.5) is 5.95 Å². The summed E-state index contributed by atoms with van der Waals surface area (Å²) in [5.41, 5.74) is 5.37. The molecule has 2 heterocycles. The Balaban J connectivity index is 1.97. The number of H-pyrrole nitrogens is 1. The van der Waals surface area contributed by atoms with Crippen LogP contribution >= 0.6 is 23.1 Å². The zero-order valence-corrected chi connectivity index (χ0v) is 9.64. The van der Waals surface area contributed by atoms with E-state index >= 15 is 0 Å². The Labute approximate surface area is 98.9 Å². The summed E-state index contributed by atoms with van der Waals surface area (Å²) in [6.07, 6.45) is 0. The summed E-state index contributed by atoms with van der Waals surface area (Å²) >= 11 is 2.65. The van der Waals surface area contributed by atoms with Gasteiger partial charge in [-0.1, -0.05) is 11.8 Å². The molecule has 8 heteroatoms. The molecule has 16 heavy (non-hydrogen) atoms. The first-order valence-electron chi connectivity index (χ1n) is 4.28. The lowest BCUT2D eigenvalue weighted by Crippen LogP contribution is -1.89. The first-order chi connectivity index (χ1) is 7.65. The second-order valence-corrected chi connectivity index (χ2v) is 4.97. The first kappa shape index (κ1) is 11.0. The fraction of sp³-hybridized carbons (Fsp3) is 0.125. The molecule has 84 valence electrons. The number of aromatic amines is 1. The summed E-state index contributed by atoms with van der Waals surface area (Å²) < 4.78 is 0. The SMILES string of the molecule is Nc1nc(SCc2ccc(C(=O)O)s2)n[nH]1. The van der Waals surface area contributed by atoms with E-state index in [0.717, 1.165) is 4.88 Å². The Kier molecular flexibility index (Phi) is 3.11. The molecule has 2 aromatic heterocycles. The van der Waals surface area contributed by atoms with E-state index in [2.05, 4.69) is 15.2 Å². The molecule has 0 aliphatic carbocycles. The number of carbonyl (C=O) groups is 1. The van der Waals surface area contributed by atoms with Crippen LogP contribution in [0.5, 0.6) is 0 Å². The van der Waals surface area contributed by atoms with E-state index in [1.165, 1.54) is 23.1 Å². The van der Waals surface area contributed by atoms with Crippen molar-refractivity contribution in [2.45, 2.75) is 10.9 Å². The quantitative estimate of drug-likeness (QED) is 0.715. The van der Waals surface area contributed by atoms with Crippen molar-refractivity contribution in [2.75, 3.05) is 5.73 Å². The Morgan fingerprint density at radius 1 is 1.62 bits per heavy atom. The van der Waals surface area contributed by atoms with E-state index in [1.54, 1.807) is 12.1 Å². The lowest BCUT2D eigenvalue weighted by Gasteiger charge is -1.91. The Bertz CT molecular complexity index is 508. The van der Waals surface area contributed by atoms with Gasteiger partial charge in [0.05, 0.1) is 0 Å². The summed E-state index contributed by atoms with van der Waals surface area (Å²) in [4.78, 5) is 15.9. The summed E-state index contributed by atoms with van der Waals surface area (Å²) in [5.74, 6) is 0.0122. The van der Waals surface area contributed by atoms with Crippen LogP contribution in [0, 0.1) is 0 Å². The molecule has 0 amide bonds. The molecule has 0 aliphatic rings. The molecule has 0 atom stereocenters. The van der Waals surface area contributed by atoms with Crippen molar-refractivity contribution in [3.63, 3.8) is 0 Å². The zero-order chi connectivity index (χ0) is 11.5. The number of nitrogens with zero attached hydrogens (tertiary/aromatic N) is 2. The number of aromatic carboxylic acids is 1. The average Bonchev–Trinajstić information content (AvgIpc) is 2.83. The fourth-order valence-electron chi connectivity index (χ4n) is 1.03. The number of nitrogens with one attached hydrogen (secondary N) is 1. The number of nitrogens with two attached hydrogens (primary N) is 1. The first-order valence-corrected chi connectivity index (χ1v) is 6.08.